The van der Waals surface area contributed by atoms with Crippen LogP contribution in [0.1, 0.15) is 32.8 Å². The molecule has 2 atom stereocenters. The van der Waals surface area contributed by atoms with E-state index in [1.54, 1.807) is 0 Å². The molecule has 0 radical (unpaired) electrons. The summed E-state index contributed by atoms with van der Waals surface area (Å²) in [4.78, 5) is 0. The normalized spacial score (nSPS) is 16.9. The molecule has 1 aromatic rings. The zero-order valence-electron chi connectivity index (χ0n) is 10.8. The molecule has 2 rings (SSSR count). The van der Waals surface area contributed by atoms with Gasteiger partial charge in [0.1, 0.15) is 0 Å². The van der Waals surface area contributed by atoms with E-state index in [9.17, 15) is 0 Å². The Labute approximate surface area is 103 Å². The van der Waals surface area contributed by atoms with Crippen LogP contribution in [-0.4, -0.2) is 12.8 Å². The van der Waals surface area contributed by atoms with Crippen LogP contribution in [0.3, 0.4) is 0 Å². The fourth-order valence-corrected chi connectivity index (χ4v) is 1.88. The molecular formula is C14H21NO2. The van der Waals surface area contributed by atoms with Gasteiger partial charge in [-0.1, -0.05) is 26.3 Å². The van der Waals surface area contributed by atoms with Gasteiger partial charge >= 0.3 is 0 Å². The minimum atomic E-state index is 0.343. The summed E-state index contributed by atoms with van der Waals surface area (Å²) >= 11 is 0. The van der Waals surface area contributed by atoms with Crippen LogP contribution in [0, 0.1) is 5.92 Å². The van der Waals surface area contributed by atoms with E-state index in [4.69, 9.17) is 9.47 Å². The SMILES string of the molecule is CCC(C)C(C)NCc1ccc2c(c1)OCO2. The summed E-state index contributed by atoms with van der Waals surface area (Å²) in [5.41, 5.74) is 1.24. The van der Waals surface area contributed by atoms with Gasteiger partial charge in [-0.2, -0.15) is 0 Å². The van der Waals surface area contributed by atoms with Crippen molar-refractivity contribution < 1.29 is 9.47 Å². The first-order valence-corrected chi connectivity index (χ1v) is 6.32. The molecule has 0 spiro atoms. The fourth-order valence-electron chi connectivity index (χ4n) is 1.88. The third-order valence-corrected chi connectivity index (χ3v) is 3.56. The Morgan fingerprint density at radius 1 is 1.24 bits per heavy atom. The summed E-state index contributed by atoms with van der Waals surface area (Å²) < 4.78 is 10.7. The summed E-state index contributed by atoms with van der Waals surface area (Å²) in [5.74, 6) is 2.41. The first kappa shape index (κ1) is 12.2. The molecule has 0 aromatic heterocycles. The van der Waals surface area contributed by atoms with Crippen LogP contribution in [0.15, 0.2) is 18.2 Å². The van der Waals surface area contributed by atoms with Gasteiger partial charge in [-0.05, 0) is 30.5 Å². The minimum Gasteiger partial charge on any atom is -0.454 e. The Bertz CT molecular complexity index is 378. The van der Waals surface area contributed by atoms with Crippen molar-refractivity contribution in [2.75, 3.05) is 6.79 Å². The third-order valence-electron chi connectivity index (χ3n) is 3.56. The number of hydrogen-bond donors (Lipinski definition) is 1. The third kappa shape index (κ3) is 2.91. The molecule has 1 aromatic carbocycles. The molecule has 2 unspecified atom stereocenters. The van der Waals surface area contributed by atoms with Gasteiger partial charge in [-0.3, -0.25) is 0 Å². The van der Waals surface area contributed by atoms with Crippen molar-refractivity contribution in [1.29, 1.82) is 0 Å². The van der Waals surface area contributed by atoms with Crippen molar-refractivity contribution in [1.82, 2.24) is 5.32 Å². The van der Waals surface area contributed by atoms with Crippen molar-refractivity contribution in [3.05, 3.63) is 23.8 Å². The molecule has 0 bridgehead atoms. The van der Waals surface area contributed by atoms with E-state index in [1.807, 2.05) is 6.07 Å². The molecular weight excluding hydrogens is 214 g/mol. The Morgan fingerprint density at radius 2 is 2.00 bits per heavy atom. The maximum Gasteiger partial charge on any atom is 0.231 e. The fraction of sp³-hybridized carbons (Fsp3) is 0.571. The summed E-state index contributed by atoms with van der Waals surface area (Å²) in [7, 11) is 0. The first-order valence-electron chi connectivity index (χ1n) is 6.32. The monoisotopic (exact) mass is 235 g/mol. The van der Waals surface area contributed by atoms with Gasteiger partial charge < -0.3 is 14.8 Å². The van der Waals surface area contributed by atoms with Gasteiger partial charge in [0.15, 0.2) is 11.5 Å². The number of hydrogen-bond acceptors (Lipinski definition) is 3. The van der Waals surface area contributed by atoms with E-state index in [2.05, 4.69) is 38.2 Å². The van der Waals surface area contributed by atoms with Crippen LogP contribution in [-0.2, 0) is 6.54 Å². The lowest BCUT2D eigenvalue weighted by molar-refractivity contribution is 0.174. The van der Waals surface area contributed by atoms with E-state index >= 15 is 0 Å². The molecule has 1 N–H and O–H groups in total. The highest BCUT2D eigenvalue weighted by atomic mass is 16.7. The molecule has 3 heteroatoms. The van der Waals surface area contributed by atoms with Crippen LogP contribution in [0.25, 0.3) is 0 Å². The van der Waals surface area contributed by atoms with Crippen molar-refractivity contribution in [3.63, 3.8) is 0 Å². The maximum absolute atomic E-state index is 5.36. The van der Waals surface area contributed by atoms with Gasteiger partial charge in [0.25, 0.3) is 0 Å². The van der Waals surface area contributed by atoms with Crippen LogP contribution >= 0.6 is 0 Å². The first-order chi connectivity index (χ1) is 8.20. The number of fused-ring (bicyclic) bond motifs is 1. The second-order valence-electron chi connectivity index (χ2n) is 4.74. The molecule has 3 nitrogen and oxygen atoms in total. The van der Waals surface area contributed by atoms with E-state index in [0.717, 1.165) is 18.0 Å². The van der Waals surface area contributed by atoms with E-state index in [0.29, 0.717) is 18.8 Å². The molecule has 0 saturated heterocycles. The Morgan fingerprint density at radius 3 is 2.76 bits per heavy atom. The average molecular weight is 235 g/mol. The quantitative estimate of drug-likeness (QED) is 0.851. The average Bonchev–Trinajstić information content (AvgIpc) is 2.82. The predicted octanol–water partition coefficient (Wildman–Crippen LogP) is 2.94. The van der Waals surface area contributed by atoms with Crippen LogP contribution < -0.4 is 14.8 Å². The summed E-state index contributed by atoms with van der Waals surface area (Å²) in [6.45, 7) is 7.96. The Kier molecular flexibility index (Phi) is 3.89. The highest BCUT2D eigenvalue weighted by Crippen LogP contribution is 2.32. The van der Waals surface area contributed by atoms with Crippen molar-refractivity contribution in [2.24, 2.45) is 5.92 Å². The van der Waals surface area contributed by atoms with E-state index in [-0.39, 0.29) is 0 Å². The summed E-state index contributed by atoms with van der Waals surface area (Å²) in [5, 5.41) is 3.54. The molecule has 94 valence electrons. The molecule has 17 heavy (non-hydrogen) atoms. The standard InChI is InChI=1S/C14H21NO2/c1-4-10(2)11(3)15-8-12-5-6-13-14(7-12)17-9-16-13/h5-7,10-11,15H,4,8-9H2,1-3H3. The molecule has 0 fully saturated rings. The zero-order chi connectivity index (χ0) is 12.3. The van der Waals surface area contributed by atoms with Crippen molar-refractivity contribution in [3.8, 4) is 11.5 Å². The Balaban J connectivity index is 1.91. The summed E-state index contributed by atoms with van der Waals surface area (Å²) in [6, 6.07) is 6.65. The molecule has 0 saturated carbocycles. The molecule has 0 aliphatic carbocycles. The zero-order valence-corrected chi connectivity index (χ0v) is 10.8. The molecule has 1 aliphatic rings. The van der Waals surface area contributed by atoms with Crippen molar-refractivity contribution >= 4 is 0 Å². The van der Waals surface area contributed by atoms with Gasteiger partial charge in [0, 0.05) is 12.6 Å². The minimum absolute atomic E-state index is 0.343. The second-order valence-corrected chi connectivity index (χ2v) is 4.74. The predicted molar refractivity (Wildman–Crippen MR) is 68.3 cm³/mol. The molecule has 0 amide bonds. The molecule has 1 aliphatic heterocycles. The van der Waals surface area contributed by atoms with Crippen LogP contribution in [0.5, 0.6) is 11.5 Å². The number of nitrogens with one attached hydrogen (secondary N) is 1. The van der Waals surface area contributed by atoms with Gasteiger partial charge in [-0.15, -0.1) is 0 Å². The maximum atomic E-state index is 5.36. The summed E-state index contributed by atoms with van der Waals surface area (Å²) in [6.07, 6.45) is 1.20. The van der Waals surface area contributed by atoms with E-state index in [1.165, 1.54) is 12.0 Å². The lowest BCUT2D eigenvalue weighted by Gasteiger charge is -2.19. The van der Waals surface area contributed by atoms with E-state index < -0.39 is 0 Å². The lowest BCUT2D eigenvalue weighted by atomic mass is 10.0. The number of ether oxygens (including phenoxy) is 2. The topological polar surface area (TPSA) is 30.5 Å². The van der Waals surface area contributed by atoms with Gasteiger partial charge in [-0.25, -0.2) is 0 Å². The number of benzene rings is 1. The van der Waals surface area contributed by atoms with Crippen molar-refractivity contribution in [2.45, 2.75) is 39.8 Å². The smallest absolute Gasteiger partial charge is 0.231 e. The molecule has 1 heterocycles. The largest absolute Gasteiger partial charge is 0.454 e. The highest BCUT2D eigenvalue weighted by Gasteiger charge is 2.14. The van der Waals surface area contributed by atoms with Crippen LogP contribution in [0.2, 0.25) is 0 Å². The number of rotatable bonds is 5. The van der Waals surface area contributed by atoms with Crippen LogP contribution in [0.4, 0.5) is 0 Å². The van der Waals surface area contributed by atoms with Gasteiger partial charge in [0.05, 0.1) is 0 Å². The lowest BCUT2D eigenvalue weighted by Crippen LogP contribution is -2.31. The van der Waals surface area contributed by atoms with Gasteiger partial charge in [0.2, 0.25) is 6.79 Å². The Hall–Kier alpha value is -1.22. The highest BCUT2D eigenvalue weighted by molar-refractivity contribution is 5.44. The second kappa shape index (κ2) is 5.41.